The number of nitrogens with one attached hydrogen (secondary N) is 3. The maximum absolute atomic E-state index is 13.0. The number of anilines is 1. The summed E-state index contributed by atoms with van der Waals surface area (Å²) in [5.74, 6) is -1.32. The minimum Gasteiger partial charge on any atom is -0.355 e. The first-order valence-electron chi connectivity index (χ1n) is 10.1. The molecule has 8 nitrogen and oxygen atoms in total. The van der Waals surface area contributed by atoms with Gasteiger partial charge in [0.15, 0.2) is 0 Å². The lowest BCUT2D eigenvalue weighted by atomic mass is 9.91. The van der Waals surface area contributed by atoms with E-state index in [4.69, 9.17) is 0 Å². The highest BCUT2D eigenvalue weighted by molar-refractivity contribution is 6.10. The Hall–Kier alpha value is -3.68. The number of rotatable bonds is 7. The minimum absolute atomic E-state index is 0.286. The van der Waals surface area contributed by atoms with Gasteiger partial charge >= 0.3 is 6.03 Å². The third kappa shape index (κ3) is 4.58. The van der Waals surface area contributed by atoms with Crippen LogP contribution in [0.25, 0.3) is 0 Å². The van der Waals surface area contributed by atoms with Gasteiger partial charge in [0.1, 0.15) is 12.1 Å². The van der Waals surface area contributed by atoms with E-state index >= 15 is 0 Å². The Morgan fingerprint density at radius 1 is 1.10 bits per heavy atom. The molecule has 1 fully saturated rings. The van der Waals surface area contributed by atoms with Crippen LogP contribution in [0.3, 0.4) is 0 Å². The summed E-state index contributed by atoms with van der Waals surface area (Å²) in [6, 6.07) is 13.3. The Morgan fingerprint density at radius 3 is 2.45 bits per heavy atom. The maximum atomic E-state index is 13.0. The van der Waals surface area contributed by atoms with E-state index < -0.39 is 29.9 Å². The Labute approximate surface area is 181 Å². The third-order valence-corrected chi connectivity index (χ3v) is 5.28. The van der Waals surface area contributed by atoms with Crippen LogP contribution in [-0.4, -0.2) is 42.2 Å². The first kappa shape index (κ1) is 22.0. The molecule has 0 bridgehead atoms. The number of urea groups is 1. The van der Waals surface area contributed by atoms with Gasteiger partial charge in [-0.25, -0.2) is 4.79 Å². The van der Waals surface area contributed by atoms with E-state index in [0.29, 0.717) is 16.8 Å². The number of nitrogens with zero attached hydrogens (tertiary/aromatic N) is 1. The van der Waals surface area contributed by atoms with Crippen molar-refractivity contribution in [1.82, 2.24) is 15.5 Å². The van der Waals surface area contributed by atoms with E-state index in [0.717, 1.165) is 23.3 Å². The standard InChI is InChI=1S/C23H26N4O4/c1-4-6-15-9-11-17(12-10-15)23(2)21(30)27(22(31)26-23)14-19(28)25-18-8-5-7-16(13-18)20(29)24-3/h5,7-13H,4,6,14H2,1-3H3,(H,24,29)(H,25,28)(H,26,31)/t23-/m0/s1. The first-order valence-corrected chi connectivity index (χ1v) is 10.1. The summed E-state index contributed by atoms with van der Waals surface area (Å²) >= 11 is 0. The number of benzene rings is 2. The van der Waals surface area contributed by atoms with E-state index in [1.807, 2.05) is 24.3 Å². The summed E-state index contributed by atoms with van der Waals surface area (Å²) in [6.45, 7) is 3.29. The highest BCUT2D eigenvalue weighted by Gasteiger charge is 2.49. The van der Waals surface area contributed by atoms with Gasteiger partial charge in [-0.1, -0.05) is 43.7 Å². The molecule has 0 aromatic heterocycles. The van der Waals surface area contributed by atoms with E-state index in [-0.39, 0.29) is 5.91 Å². The molecule has 8 heteroatoms. The van der Waals surface area contributed by atoms with Crippen molar-refractivity contribution >= 4 is 29.4 Å². The normalized spacial score (nSPS) is 18.0. The number of hydrogen-bond acceptors (Lipinski definition) is 4. The summed E-state index contributed by atoms with van der Waals surface area (Å²) in [5.41, 5.74) is 1.36. The molecule has 2 aromatic carbocycles. The molecular formula is C23H26N4O4. The number of amides is 5. The van der Waals surface area contributed by atoms with Crippen LogP contribution in [0.1, 0.15) is 41.8 Å². The maximum Gasteiger partial charge on any atom is 0.325 e. The Balaban J connectivity index is 1.71. The van der Waals surface area contributed by atoms with E-state index in [1.54, 1.807) is 25.1 Å². The lowest BCUT2D eigenvalue weighted by molar-refractivity contribution is -0.133. The second-order valence-electron chi connectivity index (χ2n) is 7.60. The highest BCUT2D eigenvalue weighted by atomic mass is 16.2. The van der Waals surface area contributed by atoms with Crippen LogP contribution in [-0.2, 0) is 21.5 Å². The number of hydrogen-bond donors (Lipinski definition) is 3. The molecule has 0 radical (unpaired) electrons. The van der Waals surface area contributed by atoms with Gasteiger partial charge in [-0.3, -0.25) is 19.3 Å². The van der Waals surface area contributed by atoms with Gasteiger partial charge in [0.25, 0.3) is 11.8 Å². The molecule has 2 aromatic rings. The fraction of sp³-hybridized carbons (Fsp3) is 0.304. The summed E-state index contributed by atoms with van der Waals surface area (Å²) < 4.78 is 0. The Bertz CT molecular complexity index is 1020. The molecule has 31 heavy (non-hydrogen) atoms. The van der Waals surface area contributed by atoms with Crippen molar-refractivity contribution < 1.29 is 19.2 Å². The zero-order chi connectivity index (χ0) is 22.6. The van der Waals surface area contributed by atoms with Crippen LogP contribution in [0.2, 0.25) is 0 Å². The van der Waals surface area contributed by atoms with Crippen molar-refractivity contribution in [3.05, 3.63) is 65.2 Å². The number of carbonyl (C=O) groups excluding carboxylic acids is 4. The molecule has 1 aliphatic rings. The average Bonchev–Trinajstić information content (AvgIpc) is 2.98. The molecule has 3 rings (SSSR count). The van der Waals surface area contributed by atoms with Gasteiger partial charge in [0.05, 0.1) is 0 Å². The molecule has 5 amide bonds. The van der Waals surface area contributed by atoms with Crippen LogP contribution in [0.5, 0.6) is 0 Å². The zero-order valence-corrected chi connectivity index (χ0v) is 17.8. The smallest absolute Gasteiger partial charge is 0.325 e. The molecule has 0 saturated carbocycles. The van der Waals surface area contributed by atoms with Gasteiger partial charge < -0.3 is 16.0 Å². The van der Waals surface area contributed by atoms with Crippen LogP contribution < -0.4 is 16.0 Å². The summed E-state index contributed by atoms with van der Waals surface area (Å²) in [5, 5.41) is 7.84. The summed E-state index contributed by atoms with van der Waals surface area (Å²) in [6.07, 6.45) is 1.95. The van der Waals surface area contributed by atoms with Crippen molar-refractivity contribution in [1.29, 1.82) is 0 Å². The fourth-order valence-corrected chi connectivity index (χ4v) is 3.56. The highest BCUT2D eigenvalue weighted by Crippen LogP contribution is 2.29. The molecule has 0 aliphatic carbocycles. The SMILES string of the molecule is CCCc1ccc([C@]2(C)NC(=O)N(CC(=O)Nc3cccc(C(=O)NC)c3)C2=O)cc1. The monoisotopic (exact) mass is 422 g/mol. The lowest BCUT2D eigenvalue weighted by Gasteiger charge is -2.22. The minimum atomic E-state index is -1.23. The Morgan fingerprint density at radius 2 is 1.81 bits per heavy atom. The average molecular weight is 422 g/mol. The van der Waals surface area contributed by atoms with Gasteiger partial charge in [0.2, 0.25) is 5.91 Å². The van der Waals surface area contributed by atoms with Gasteiger partial charge in [-0.05, 0) is 42.7 Å². The lowest BCUT2D eigenvalue weighted by Crippen LogP contribution is -2.42. The largest absolute Gasteiger partial charge is 0.355 e. The van der Waals surface area contributed by atoms with Crippen molar-refractivity contribution in [2.75, 3.05) is 18.9 Å². The van der Waals surface area contributed by atoms with E-state index in [1.165, 1.54) is 13.1 Å². The molecule has 0 spiro atoms. The van der Waals surface area contributed by atoms with Gasteiger partial charge in [-0.2, -0.15) is 0 Å². The van der Waals surface area contributed by atoms with Gasteiger partial charge in [-0.15, -0.1) is 0 Å². The molecule has 1 aliphatic heterocycles. The summed E-state index contributed by atoms with van der Waals surface area (Å²) in [4.78, 5) is 50.6. The number of aryl methyl sites for hydroxylation is 1. The number of imide groups is 1. The molecule has 1 heterocycles. The van der Waals surface area contributed by atoms with Crippen molar-refractivity contribution in [3.8, 4) is 0 Å². The molecule has 3 N–H and O–H groups in total. The quantitative estimate of drug-likeness (QED) is 0.596. The first-order chi connectivity index (χ1) is 14.8. The van der Waals surface area contributed by atoms with E-state index in [2.05, 4.69) is 22.9 Å². The summed E-state index contributed by atoms with van der Waals surface area (Å²) in [7, 11) is 1.51. The van der Waals surface area contributed by atoms with Crippen molar-refractivity contribution in [2.45, 2.75) is 32.2 Å². The number of carbonyl (C=O) groups is 4. The topological polar surface area (TPSA) is 108 Å². The Kier molecular flexibility index (Phi) is 6.39. The van der Waals surface area contributed by atoms with Gasteiger partial charge in [0, 0.05) is 18.3 Å². The predicted octanol–water partition coefficient (Wildman–Crippen LogP) is 2.40. The molecular weight excluding hydrogens is 396 g/mol. The molecule has 162 valence electrons. The van der Waals surface area contributed by atoms with Crippen LogP contribution in [0, 0.1) is 0 Å². The predicted molar refractivity (Wildman–Crippen MR) is 116 cm³/mol. The third-order valence-electron chi connectivity index (χ3n) is 5.28. The van der Waals surface area contributed by atoms with Crippen LogP contribution in [0.15, 0.2) is 48.5 Å². The van der Waals surface area contributed by atoms with Crippen LogP contribution >= 0.6 is 0 Å². The molecule has 0 unspecified atom stereocenters. The molecule has 1 atom stereocenters. The fourth-order valence-electron chi connectivity index (χ4n) is 3.56. The zero-order valence-electron chi connectivity index (χ0n) is 17.8. The molecule has 1 saturated heterocycles. The van der Waals surface area contributed by atoms with Crippen molar-refractivity contribution in [3.63, 3.8) is 0 Å². The van der Waals surface area contributed by atoms with Crippen LogP contribution in [0.4, 0.5) is 10.5 Å². The second kappa shape index (κ2) is 8.99. The van der Waals surface area contributed by atoms with Crippen molar-refractivity contribution in [2.24, 2.45) is 0 Å². The second-order valence-corrected chi connectivity index (χ2v) is 7.60. The van der Waals surface area contributed by atoms with E-state index in [9.17, 15) is 19.2 Å².